The number of anilines is 1. The van der Waals surface area contributed by atoms with Crippen molar-refractivity contribution in [1.29, 1.82) is 0 Å². The van der Waals surface area contributed by atoms with Crippen molar-refractivity contribution in [3.63, 3.8) is 0 Å². The summed E-state index contributed by atoms with van der Waals surface area (Å²) in [7, 11) is 1.62. The summed E-state index contributed by atoms with van der Waals surface area (Å²) in [4.78, 5) is 16.0. The molecule has 0 fully saturated rings. The zero-order valence-electron chi connectivity index (χ0n) is 17.9. The maximum Gasteiger partial charge on any atom is 0.327 e. The van der Waals surface area contributed by atoms with Gasteiger partial charge in [0, 0.05) is 23.4 Å². The van der Waals surface area contributed by atoms with Gasteiger partial charge in [-0.05, 0) is 61.7 Å². The van der Waals surface area contributed by atoms with Crippen molar-refractivity contribution in [2.24, 2.45) is 10.7 Å². The second-order valence-electron chi connectivity index (χ2n) is 6.77. The molecule has 0 aliphatic rings. The van der Waals surface area contributed by atoms with Gasteiger partial charge in [0.05, 0.1) is 19.4 Å². The van der Waals surface area contributed by atoms with Crippen molar-refractivity contribution in [3.05, 3.63) is 59.3 Å². The zero-order chi connectivity index (χ0) is 22.1. The molecule has 0 radical (unpaired) electrons. The molecule has 160 valence electrons. The number of hydrogen-bond acceptors (Lipinski definition) is 7. The Hall–Kier alpha value is -3.32. The summed E-state index contributed by atoms with van der Waals surface area (Å²) in [6.45, 7) is 5.71. The molecular formula is C23H29N3O4. The van der Waals surface area contributed by atoms with Gasteiger partial charge in [0.1, 0.15) is 12.3 Å². The predicted octanol–water partition coefficient (Wildman–Crippen LogP) is 3.96. The summed E-state index contributed by atoms with van der Waals surface area (Å²) in [5.74, 6) is 0.353. The number of methoxy groups -OCH3 is 1. The summed E-state index contributed by atoms with van der Waals surface area (Å²) in [6.07, 6.45) is 0.551. The highest BCUT2D eigenvalue weighted by Gasteiger charge is 2.12. The van der Waals surface area contributed by atoms with Gasteiger partial charge in [-0.15, -0.1) is 0 Å². The Labute approximate surface area is 177 Å². The monoisotopic (exact) mass is 411 g/mol. The smallest absolute Gasteiger partial charge is 0.327 e. The van der Waals surface area contributed by atoms with E-state index >= 15 is 0 Å². The number of rotatable bonds is 9. The molecule has 0 aliphatic carbocycles. The summed E-state index contributed by atoms with van der Waals surface area (Å²) < 4.78 is 10.5. The molecule has 0 saturated heterocycles. The van der Waals surface area contributed by atoms with Crippen molar-refractivity contribution >= 4 is 17.4 Å². The zero-order valence-corrected chi connectivity index (χ0v) is 17.9. The van der Waals surface area contributed by atoms with E-state index in [1.54, 1.807) is 20.1 Å². The van der Waals surface area contributed by atoms with Crippen LogP contribution in [0, 0.1) is 0 Å². The molecule has 0 aliphatic heterocycles. The van der Waals surface area contributed by atoms with Crippen LogP contribution in [0.2, 0.25) is 0 Å². The van der Waals surface area contributed by atoms with Crippen LogP contribution in [0.4, 0.5) is 5.69 Å². The molecule has 0 saturated carbocycles. The van der Waals surface area contributed by atoms with Crippen molar-refractivity contribution in [3.8, 4) is 16.9 Å². The molecule has 4 N–H and O–H groups in total. The van der Waals surface area contributed by atoms with Crippen LogP contribution in [0.1, 0.15) is 26.3 Å². The van der Waals surface area contributed by atoms with Crippen LogP contribution in [0.3, 0.4) is 0 Å². The number of ether oxygens (including phenoxy) is 2. The normalized spacial score (nSPS) is 12.2. The van der Waals surface area contributed by atoms with E-state index in [1.165, 1.54) is 0 Å². The predicted molar refractivity (Wildman–Crippen MR) is 119 cm³/mol. The van der Waals surface area contributed by atoms with E-state index in [-0.39, 0.29) is 12.5 Å². The summed E-state index contributed by atoms with van der Waals surface area (Å²) in [5, 5.41) is 9.21. The van der Waals surface area contributed by atoms with Crippen LogP contribution < -0.4 is 16.0 Å². The minimum absolute atomic E-state index is 0.0364. The standard InChI is InChI=1S/C23H29N3O4/c1-5-30-23(27)14-25-16(3)20(15(2)24)11-17-9-10-22(29-4)21(12-17)18-7-6-8-19(13-18)26-28/h6-10,12-13,26,28H,5,11,14,24H2,1-4H3. The SMILES string of the molecule is CCOC(=O)CN=C(C)C(Cc1ccc(OC)c(-c2cccc(NO)c2)c1)=C(C)N. The Morgan fingerprint density at radius 1 is 1.20 bits per heavy atom. The van der Waals surface area contributed by atoms with Crippen molar-refractivity contribution in [1.82, 2.24) is 0 Å². The lowest BCUT2D eigenvalue weighted by Crippen LogP contribution is -2.13. The average molecular weight is 412 g/mol. The number of hydrogen-bond donors (Lipinski definition) is 3. The molecule has 0 aromatic heterocycles. The van der Waals surface area contributed by atoms with Gasteiger partial charge in [0.2, 0.25) is 0 Å². The first-order valence-electron chi connectivity index (χ1n) is 9.69. The van der Waals surface area contributed by atoms with Gasteiger partial charge in [-0.25, -0.2) is 0 Å². The third kappa shape index (κ3) is 6.09. The van der Waals surface area contributed by atoms with Crippen LogP contribution in [-0.2, 0) is 16.0 Å². The number of esters is 1. The van der Waals surface area contributed by atoms with Crippen LogP contribution in [0.5, 0.6) is 5.75 Å². The lowest BCUT2D eigenvalue weighted by molar-refractivity contribution is -0.141. The molecule has 2 aromatic rings. The summed E-state index contributed by atoms with van der Waals surface area (Å²) >= 11 is 0. The lowest BCUT2D eigenvalue weighted by Gasteiger charge is -2.14. The molecule has 0 spiro atoms. The highest BCUT2D eigenvalue weighted by Crippen LogP contribution is 2.33. The summed E-state index contributed by atoms with van der Waals surface area (Å²) in [6, 6.07) is 13.3. The van der Waals surface area contributed by atoms with Gasteiger partial charge in [0.15, 0.2) is 0 Å². The van der Waals surface area contributed by atoms with Crippen molar-refractivity contribution in [2.45, 2.75) is 27.2 Å². The molecule has 30 heavy (non-hydrogen) atoms. The van der Waals surface area contributed by atoms with E-state index in [4.69, 9.17) is 15.2 Å². The van der Waals surface area contributed by atoms with E-state index in [0.29, 0.717) is 30.1 Å². The Morgan fingerprint density at radius 2 is 1.97 bits per heavy atom. The Balaban J connectivity index is 2.35. The quantitative estimate of drug-likeness (QED) is 0.328. The molecule has 7 nitrogen and oxygen atoms in total. The number of aliphatic imine (C=N–C) groups is 1. The molecule has 0 amide bonds. The van der Waals surface area contributed by atoms with Gasteiger partial charge in [-0.1, -0.05) is 18.2 Å². The van der Waals surface area contributed by atoms with E-state index in [0.717, 1.165) is 28.0 Å². The van der Waals surface area contributed by atoms with Gasteiger partial charge < -0.3 is 15.2 Å². The maximum absolute atomic E-state index is 11.6. The number of benzene rings is 2. The van der Waals surface area contributed by atoms with Crippen LogP contribution in [0.15, 0.2) is 58.7 Å². The fourth-order valence-corrected chi connectivity index (χ4v) is 3.09. The molecule has 7 heteroatoms. The van der Waals surface area contributed by atoms with Crippen LogP contribution in [0.25, 0.3) is 11.1 Å². The van der Waals surface area contributed by atoms with Gasteiger partial charge in [-0.3, -0.25) is 20.5 Å². The number of carbonyl (C=O) groups is 1. The van der Waals surface area contributed by atoms with Crippen LogP contribution in [-0.4, -0.2) is 37.1 Å². The number of nitrogens with zero attached hydrogens (tertiary/aromatic N) is 1. The number of nitrogens with two attached hydrogens (primary N) is 1. The number of carbonyl (C=O) groups excluding carboxylic acids is 1. The Kier molecular flexibility index (Phi) is 8.43. The Morgan fingerprint density at radius 3 is 2.60 bits per heavy atom. The molecule has 0 heterocycles. The third-order valence-electron chi connectivity index (χ3n) is 4.61. The first kappa shape index (κ1) is 23.0. The average Bonchev–Trinajstić information content (AvgIpc) is 2.75. The minimum atomic E-state index is -0.366. The molecule has 0 unspecified atom stereocenters. The minimum Gasteiger partial charge on any atom is -0.496 e. The Bertz CT molecular complexity index is 947. The van der Waals surface area contributed by atoms with Gasteiger partial charge in [-0.2, -0.15) is 0 Å². The van der Waals surface area contributed by atoms with E-state index in [2.05, 4.69) is 10.5 Å². The summed E-state index contributed by atoms with van der Waals surface area (Å²) in [5.41, 5.74) is 13.9. The topological polar surface area (TPSA) is 106 Å². The number of allylic oxidation sites excluding steroid dienone is 2. The van der Waals surface area contributed by atoms with E-state index < -0.39 is 0 Å². The molecule has 0 atom stereocenters. The molecular weight excluding hydrogens is 382 g/mol. The second-order valence-corrected chi connectivity index (χ2v) is 6.77. The third-order valence-corrected chi connectivity index (χ3v) is 4.61. The largest absolute Gasteiger partial charge is 0.496 e. The van der Waals surface area contributed by atoms with Gasteiger partial charge in [0.25, 0.3) is 0 Å². The maximum atomic E-state index is 11.6. The van der Waals surface area contributed by atoms with E-state index in [1.807, 2.05) is 50.2 Å². The molecule has 2 aromatic carbocycles. The first-order chi connectivity index (χ1) is 14.4. The first-order valence-corrected chi connectivity index (χ1v) is 9.69. The van der Waals surface area contributed by atoms with Crippen LogP contribution >= 0.6 is 0 Å². The van der Waals surface area contributed by atoms with E-state index in [9.17, 15) is 10.0 Å². The highest BCUT2D eigenvalue weighted by molar-refractivity contribution is 6.00. The van der Waals surface area contributed by atoms with Crippen molar-refractivity contribution < 1.29 is 19.5 Å². The van der Waals surface area contributed by atoms with Gasteiger partial charge >= 0.3 is 5.97 Å². The molecule has 0 bridgehead atoms. The fourth-order valence-electron chi connectivity index (χ4n) is 3.09. The number of nitrogens with one attached hydrogen (secondary N) is 1. The van der Waals surface area contributed by atoms with Crippen molar-refractivity contribution in [2.75, 3.05) is 25.7 Å². The second kappa shape index (κ2) is 11.0. The lowest BCUT2D eigenvalue weighted by atomic mass is 9.95. The highest BCUT2D eigenvalue weighted by atomic mass is 16.5. The molecule has 2 rings (SSSR count). The fraction of sp³-hybridized carbons (Fsp3) is 0.304.